The van der Waals surface area contributed by atoms with Gasteiger partial charge in [0.05, 0.1) is 25.5 Å². The summed E-state index contributed by atoms with van der Waals surface area (Å²) >= 11 is 5.73. The summed E-state index contributed by atoms with van der Waals surface area (Å²) in [5.74, 6) is 0.869. The summed E-state index contributed by atoms with van der Waals surface area (Å²) in [7, 11) is 3.08. The van der Waals surface area contributed by atoms with Gasteiger partial charge in [-0.05, 0) is 19.1 Å². The Kier molecular flexibility index (Phi) is 3.85. The molecule has 0 atom stereocenters. The van der Waals surface area contributed by atoms with Crippen LogP contribution in [0.25, 0.3) is 11.4 Å². The molecule has 0 amide bonds. The van der Waals surface area contributed by atoms with Gasteiger partial charge in [0.1, 0.15) is 11.5 Å². The second-order valence-electron chi connectivity index (χ2n) is 3.80. The van der Waals surface area contributed by atoms with Crippen LogP contribution in [0.15, 0.2) is 18.2 Å². The smallest absolute Gasteiger partial charge is 0.181 e. The lowest BCUT2D eigenvalue weighted by atomic mass is 10.1. The largest absolute Gasteiger partial charge is 0.497 e. The number of ether oxygens (including phenoxy) is 2. The predicted molar refractivity (Wildman–Crippen MR) is 70.3 cm³/mol. The SMILES string of the molecule is COc1ccc(-c2nc(C)c(F)c(Cl)n2)c(OC)c1. The average molecular weight is 283 g/mol. The molecule has 0 aliphatic carbocycles. The number of benzene rings is 1. The first-order chi connectivity index (χ1) is 9.06. The molecule has 0 aliphatic rings. The van der Waals surface area contributed by atoms with Crippen molar-refractivity contribution in [1.29, 1.82) is 0 Å². The zero-order valence-corrected chi connectivity index (χ0v) is 11.5. The van der Waals surface area contributed by atoms with Gasteiger partial charge >= 0.3 is 0 Å². The van der Waals surface area contributed by atoms with Crippen LogP contribution in [0.5, 0.6) is 11.5 Å². The summed E-state index contributed by atoms with van der Waals surface area (Å²) in [5, 5.41) is -0.208. The molecule has 100 valence electrons. The number of halogens is 2. The minimum atomic E-state index is -0.613. The number of aromatic nitrogens is 2. The fourth-order valence-corrected chi connectivity index (χ4v) is 1.84. The lowest BCUT2D eigenvalue weighted by Crippen LogP contribution is -1.99. The molecule has 0 saturated carbocycles. The van der Waals surface area contributed by atoms with E-state index in [1.807, 2.05) is 0 Å². The monoisotopic (exact) mass is 282 g/mol. The van der Waals surface area contributed by atoms with Gasteiger partial charge in [0.2, 0.25) is 0 Å². The molecule has 0 N–H and O–H groups in total. The van der Waals surface area contributed by atoms with Crippen molar-refractivity contribution >= 4 is 11.6 Å². The molecule has 0 radical (unpaired) electrons. The molecule has 0 spiro atoms. The van der Waals surface area contributed by atoms with Gasteiger partial charge in [-0.25, -0.2) is 14.4 Å². The summed E-state index contributed by atoms with van der Waals surface area (Å²) in [6.07, 6.45) is 0. The van der Waals surface area contributed by atoms with Crippen LogP contribution in [0.2, 0.25) is 5.15 Å². The third-order valence-electron chi connectivity index (χ3n) is 2.63. The second-order valence-corrected chi connectivity index (χ2v) is 4.16. The van der Waals surface area contributed by atoms with E-state index in [9.17, 15) is 4.39 Å². The minimum absolute atomic E-state index is 0.188. The van der Waals surface area contributed by atoms with Crippen LogP contribution in [-0.4, -0.2) is 24.2 Å². The Morgan fingerprint density at radius 1 is 1.16 bits per heavy atom. The number of aryl methyl sites for hydroxylation is 1. The zero-order chi connectivity index (χ0) is 14.0. The highest BCUT2D eigenvalue weighted by molar-refractivity contribution is 6.29. The van der Waals surface area contributed by atoms with Crippen molar-refractivity contribution in [3.63, 3.8) is 0 Å². The number of hydrogen-bond donors (Lipinski definition) is 0. The van der Waals surface area contributed by atoms with Crippen molar-refractivity contribution in [3.8, 4) is 22.9 Å². The summed E-state index contributed by atoms with van der Waals surface area (Å²) < 4.78 is 23.8. The highest BCUT2D eigenvalue weighted by Gasteiger charge is 2.14. The van der Waals surface area contributed by atoms with Crippen LogP contribution in [-0.2, 0) is 0 Å². The van der Waals surface area contributed by atoms with E-state index in [-0.39, 0.29) is 10.8 Å². The van der Waals surface area contributed by atoms with Crippen molar-refractivity contribution < 1.29 is 13.9 Å². The van der Waals surface area contributed by atoms with E-state index in [1.54, 1.807) is 25.3 Å². The molecule has 0 unspecified atom stereocenters. The molecule has 0 bridgehead atoms. The van der Waals surface area contributed by atoms with Gasteiger partial charge in [-0.15, -0.1) is 0 Å². The van der Waals surface area contributed by atoms with Gasteiger partial charge in [-0.1, -0.05) is 11.6 Å². The van der Waals surface area contributed by atoms with Crippen LogP contribution >= 0.6 is 11.6 Å². The van der Waals surface area contributed by atoms with Gasteiger partial charge in [-0.2, -0.15) is 0 Å². The molecule has 0 aliphatic heterocycles. The Hall–Kier alpha value is -1.88. The zero-order valence-electron chi connectivity index (χ0n) is 10.7. The third-order valence-corrected chi connectivity index (χ3v) is 2.88. The molecular weight excluding hydrogens is 271 g/mol. The molecule has 0 saturated heterocycles. The quantitative estimate of drug-likeness (QED) is 0.811. The topological polar surface area (TPSA) is 44.2 Å². The van der Waals surface area contributed by atoms with Crippen LogP contribution in [0.4, 0.5) is 4.39 Å². The molecule has 6 heteroatoms. The van der Waals surface area contributed by atoms with Crippen LogP contribution in [0.3, 0.4) is 0 Å². The van der Waals surface area contributed by atoms with Crippen LogP contribution in [0, 0.1) is 12.7 Å². The van der Waals surface area contributed by atoms with Crippen LogP contribution < -0.4 is 9.47 Å². The van der Waals surface area contributed by atoms with Crippen molar-refractivity contribution in [1.82, 2.24) is 9.97 Å². The van der Waals surface area contributed by atoms with E-state index in [2.05, 4.69) is 9.97 Å². The highest BCUT2D eigenvalue weighted by Crippen LogP contribution is 2.32. The summed E-state index contributed by atoms with van der Waals surface area (Å²) in [4.78, 5) is 8.00. The normalized spacial score (nSPS) is 10.4. The standard InChI is InChI=1S/C13H12ClFN2O2/c1-7-11(15)12(14)17-13(16-7)9-5-4-8(18-2)6-10(9)19-3/h4-6H,1-3H3. The van der Waals surface area contributed by atoms with Gasteiger partial charge in [0.15, 0.2) is 16.8 Å². The number of nitrogens with zero attached hydrogens (tertiary/aromatic N) is 2. The molecule has 1 heterocycles. The van der Waals surface area contributed by atoms with Gasteiger partial charge in [0, 0.05) is 6.07 Å². The molecule has 1 aromatic heterocycles. The van der Waals surface area contributed by atoms with E-state index in [1.165, 1.54) is 14.0 Å². The highest BCUT2D eigenvalue weighted by atomic mass is 35.5. The lowest BCUT2D eigenvalue weighted by Gasteiger charge is -2.10. The van der Waals surface area contributed by atoms with Crippen molar-refractivity contribution in [2.75, 3.05) is 14.2 Å². The first kappa shape index (κ1) is 13.5. The first-order valence-electron chi connectivity index (χ1n) is 5.49. The fraction of sp³-hybridized carbons (Fsp3) is 0.231. The Morgan fingerprint density at radius 3 is 2.47 bits per heavy atom. The van der Waals surface area contributed by atoms with Crippen molar-refractivity contribution in [2.24, 2.45) is 0 Å². The van der Waals surface area contributed by atoms with E-state index in [0.717, 1.165) is 0 Å². The van der Waals surface area contributed by atoms with E-state index < -0.39 is 5.82 Å². The van der Waals surface area contributed by atoms with E-state index >= 15 is 0 Å². The van der Waals surface area contributed by atoms with Crippen molar-refractivity contribution in [3.05, 3.63) is 34.9 Å². The number of rotatable bonds is 3. The molecule has 19 heavy (non-hydrogen) atoms. The van der Waals surface area contributed by atoms with Gasteiger partial charge < -0.3 is 9.47 Å². The second kappa shape index (κ2) is 5.40. The molecule has 2 rings (SSSR count). The molecule has 4 nitrogen and oxygen atoms in total. The third kappa shape index (κ3) is 2.61. The lowest BCUT2D eigenvalue weighted by molar-refractivity contribution is 0.395. The maximum atomic E-state index is 13.4. The Balaban J connectivity index is 2.58. The molecule has 2 aromatic rings. The average Bonchev–Trinajstić information content (AvgIpc) is 2.43. The van der Waals surface area contributed by atoms with E-state index in [0.29, 0.717) is 22.9 Å². The summed E-state index contributed by atoms with van der Waals surface area (Å²) in [6, 6.07) is 5.18. The maximum Gasteiger partial charge on any atom is 0.181 e. The summed E-state index contributed by atoms with van der Waals surface area (Å²) in [5.41, 5.74) is 0.807. The molecular formula is C13H12ClFN2O2. The van der Waals surface area contributed by atoms with Crippen molar-refractivity contribution in [2.45, 2.75) is 6.92 Å². The summed E-state index contributed by atoms with van der Waals surface area (Å²) in [6.45, 7) is 1.53. The Morgan fingerprint density at radius 2 is 1.89 bits per heavy atom. The molecule has 0 fully saturated rings. The number of hydrogen-bond acceptors (Lipinski definition) is 4. The van der Waals surface area contributed by atoms with Crippen LogP contribution in [0.1, 0.15) is 5.69 Å². The fourth-order valence-electron chi connectivity index (χ4n) is 1.63. The van der Waals surface area contributed by atoms with Gasteiger partial charge in [-0.3, -0.25) is 0 Å². The minimum Gasteiger partial charge on any atom is -0.497 e. The Bertz CT molecular complexity index is 597. The predicted octanol–water partition coefficient (Wildman–Crippen LogP) is 3.26. The first-order valence-corrected chi connectivity index (χ1v) is 5.86. The van der Waals surface area contributed by atoms with Gasteiger partial charge in [0.25, 0.3) is 0 Å². The van der Waals surface area contributed by atoms with E-state index in [4.69, 9.17) is 21.1 Å². The maximum absolute atomic E-state index is 13.4. The number of methoxy groups -OCH3 is 2. The Labute approximate surface area is 115 Å². The molecule has 1 aromatic carbocycles.